The van der Waals surface area contributed by atoms with Crippen molar-refractivity contribution < 1.29 is 17.9 Å². The Morgan fingerprint density at radius 1 is 1.35 bits per heavy atom. The first-order valence-corrected chi connectivity index (χ1v) is 8.87. The van der Waals surface area contributed by atoms with Gasteiger partial charge in [-0.05, 0) is 37.9 Å². The number of anilines is 2. The third-order valence-corrected chi connectivity index (χ3v) is 5.42. The van der Waals surface area contributed by atoms with Gasteiger partial charge in [-0.2, -0.15) is 0 Å². The minimum atomic E-state index is -3.38. The molecule has 20 heavy (non-hydrogen) atoms. The summed E-state index contributed by atoms with van der Waals surface area (Å²) in [5, 5.41) is 2.73. The molecule has 0 aliphatic carbocycles. The first-order valence-electron chi connectivity index (χ1n) is 5.84. The number of nitrogens with one attached hydrogen (secondary N) is 1. The molecular formula is C12H16N2O4S2. The monoisotopic (exact) mass is 316 g/mol. The molecule has 0 bridgehead atoms. The lowest BCUT2D eigenvalue weighted by atomic mass is 10.1. The van der Waals surface area contributed by atoms with Gasteiger partial charge in [-0.25, -0.2) is 12.1 Å². The second-order valence-corrected chi connectivity index (χ2v) is 7.71. The van der Waals surface area contributed by atoms with Crippen molar-refractivity contribution in [2.24, 2.45) is 0 Å². The molecule has 6 nitrogen and oxygen atoms in total. The number of fused-ring (bicyclic) bond motifs is 1. The summed E-state index contributed by atoms with van der Waals surface area (Å²) in [4.78, 5) is 11.8. The van der Waals surface area contributed by atoms with Gasteiger partial charge in [0.1, 0.15) is 5.75 Å². The number of amides is 1. The van der Waals surface area contributed by atoms with Crippen LogP contribution in [-0.4, -0.2) is 32.4 Å². The van der Waals surface area contributed by atoms with Crippen LogP contribution in [0.15, 0.2) is 18.2 Å². The first kappa shape index (κ1) is 15.0. The average molecular weight is 316 g/mol. The predicted molar refractivity (Wildman–Crippen MR) is 80.6 cm³/mol. The maximum Gasteiger partial charge on any atom is 0.268 e. The molecule has 1 amide bonds. The van der Waals surface area contributed by atoms with Gasteiger partial charge in [-0.1, -0.05) is 0 Å². The molecule has 0 aromatic heterocycles. The molecule has 0 fully saturated rings. The van der Waals surface area contributed by atoms with Crippen LogP contribution in [0, 0.1) is 0 Å². The first-order chi connectivity index (χ1) is 9.15. The minimum Gasteiger partial charge on any atom is -0.476 e. The maximum absolute atomic E-state index is 11.8. The molecule has 110 valence electrons. The van der Waals surface area contributed by atoms with E-state index in [0.29, 0.717) is 17.1 Å². The van der Waals surface area contributed by atoms with E-state index >= 15 is 0 Å². The van der Waals surface area contributed by atoms with E-state index < -0.39 is 15.6 Å². The number of hydrogen-bond acceptors (Lipinski definition) is 5. The Hall–Kier alpha value is -1.41. The molecule has 0 spiro atoms. The molecule has 1 N–H and O–H groups in total. The number of rotatable bonds is 3. The van der Waals surface area contributed by atoms with Crippen molar-refractivity contribution in [3.05, 3.63) is 18.2 Å². The summed E-state index contributed by atoms with van der Waals surface area (Å²) in [6.45, 7) is 3.31. The Kier molecular flexibility index (Phi) is 3.64. The zero-order valence-corrected chi connectivity index (χ0v) is 13.3. The van der Waals surface area contributed by atoms with Crippen molar-refractivity contribution in [3.8, 4) is 5.75 Å². The summed E-state index contributed by atoms with van der Waals surface area (Å²) >= 11 is 1.08. The zero-order valence-electron chi connectivity index (χ0n) is 11.6. The molecule has 0 radical (unpaired) electrons. The molecule has 1 aliphatic heterocycles. The topological polar surface area (TPSA) is 75.7 Å². The van der Waals surface area contributed by atoms with Gasteiger partial charge in [0.05, 0.1) is 17.6 Å². The van der Waals surface area contributed by atoms with Crippen molar-refractivity contribution in [2.75, 3.05) is 21.5 Å². The van der Waals surface area contributed by atoms with E-state index in [0.717, 1.165) is 18.2 Å². The highest BCUT2D eigenvalue weighted by atomic mass is 32.3. The Labute approximate surface area is 122 Å². The molecule has 8 heteroatoms. The van der Waals surface area contributed by atoms with Gasteiger partial charge < -0.3 is 10.1 Å². The van der Waals surface area contributed by atoms with Crippen LogP contribution in [0.5, 0.6) is 5.75 Å². The molecule has 0 saturated carbocycles. The summed E-state index contributed by atoms with van der Waals surface area (Å²) < 4.78 is 30.2. The molecule has 1 aliphatic rings. The molecule has 0 saturated heterocycles. The fourth-order valence-corrected chi connectivity index (χ4v) is 3.74. The van der Waals surface area contributed by atoms with Crippen LogP contribution in [0.4, 0.5) is 11.4 Å². The number of sulfonamides is 1. The van der Waals surface area contributed by atoms with Crippen molar-refractivity contribution in [1.82, 2.24) is 0 Å². The third kappa shape index (κ3) is 2.71. The fourth-order valence-electron chi connectivity index (χ4n) is 1.84. The SMILES string of the molecule is CSN(c1ccc2c(c1)OC(C)(C)C(=O)N2)S(C)(=O)=O. The highest BCUT2D eigenvalue weighted by Gasteiger charge is 2.35. The zero-order chi connectivity index (χ0) is 15.1. The standard InChI is InChI=1S/C12H16N2O4S2/c1-12(2)11(15)13-9-6-5-8(7-10(9)18-12)14(19-3)20(4,16)17/h5-7H,1-4H3,(H,13,15). The van der Waals surface area contributed by atoms with Gasteiger partial charge >= 0.3 is 0 Å². The van der Waals surface area contributed by atoms with Crippen molar-refractivity contribution in [2.45, 2.75) is 19.4 Å². The van der Waals surface area contributed by atoms with E-state index in [4.69, 9.17) is 4.74 Å². The number of carbonyl (C=O) groups is 1. The number of carbonyl (C=O) groups excluding carboxylic acids is 1. The second-order valence-electron chi connectivity index (χ2n) is 4.92. The van der Waals surface area contributed by atoms with Crippen LogP contribution < -0.4 is 13.8 Å². The molecule has 0 atom stereocenters. The highest BCUT2D eigenvalue weighted by Crippen LogP contribution is 2.38. The van der Waals surface area contributed by atoms with Gasteiger partial charge in [0.15, 0.2) is 5.60 Å². The normalized spacial score (nSPS) is 16.9. The summed E-state index contributed by atoms with van der Waals surface area (Å²) in [6.07, 6.45) is 2.81. The maximum atomic E-state index is 11.8. The van der Waals surface area contributed by atoms with Crippen LogP contribution in [0.3, 0.4) is 0 Å². The number of benzene rings is 1. The molecule has 1 aromatic rings. The summed E-state index contributed by atoms with van der Waals surface area (Å²) in [5.41, 5.74) is 0.0271. The molecule has 1 aromatic carbocycles. The molecule has 1 heterocycles. The van der Waals surface area contributed by atoms with Crippen LogP contribution in [-0.2, 0) is 14.8 Å². The Bertz CT molecular complexity index is 655. The number of nitrogens with zero attached hydrogens (tertiary/aromatic N) is 1. The Morgan fingerprint density at radius 2 is 2.00 bits per heavy atom. The molecule has 0 unspecified atom stereocenters. The average Bonchev–Trinajstić information content (AvgIpc) is 2.29. The van der Waals surface area contributed by atoms with Crippen LogP contribution in [0.25, 0.3) is 0 Å². The van der Waals surface area contributed by atoms with Crippen molar-refractivity contribution in [3.63, 3.8) is 0 Å². The van der Waals surface area contributed by atoms with Gasteiger partial charge in [-0.3, -0.25) is 4.79 Å². The lowest BCUT2D eigenvalue weighted by molar-refractivity contribution is -0.129. The lowest BCUT2D eigenvalue weighted by Gasteiger charge is -2.32. The largest absolute Gasteiger partial charge is 0.476 e. The van der Waals surface area contributed by atoms with E-state index in [1.807, 2.05) is 0 Å². The Morgan fingerprint density at radius 3 is 2.55 bits per heavy atom. The van der Waals surface area contributed by atoms with Gasteiger partial charge in [0.2, 0.25) is 10.0 Å². The quantitative estimate of drug-likeness (QED) is 0.861. The van der Waals surface area contributed by atoms with Gasteiger partial charge in [0, 0.05) is 12.3 Å². The van der Waals surface area contributed by atoms with E-state index in [-0.39, 0.29) is 5.91 Å². The van der Waals surface area contributed by atoms with E-state index in [1.54, 1.807) is 38.3 Å². The fraction of sp³-hybridized carbons (Fsp3) is 0.417. The molecular weight excluding hydrogens is 300 g/mol. The van der Waals surface area contributed by atoms with Crippen LogP contribution in [0.2, 0.25) is 0 Å². The van der Waals surface area contributed by atoms with Crippen molar-refractivity contribution in [1.29, 1.82) is 0 Å². The molecule has 2 rings (SSSR count). The minimum absolute atomic E-state index is 0.234. The van der Waals surface area contributed by atoms with Gasteiger partial charge in [0.25, 0.3) is 5.91 Å². The predicted octanol–water partition coefficient (Wildman–Crippen LogP) is 1.84. The lowest BCUT2D eigenvalue weighted by Crippen LogP contribution is -2.45. The van der Waals surface area contributed by atoms with E-state index in [9.17, 15) is 13.2 Å². The summed E-state index contributed by atoms with van der Waals surface area (Å²) in [5.74, 6) is 0.220. The van der Waals surface area contributed by atoms with Crippen molar-refractivity contribution >= 4 is 39.3 Å². The smallest absolute Gasteiger partial charge is 0.268 e. The summed E-state index contributed by atoms with van der Waals surface area (Å²) in [6, 6.07) is 4.86. The van der Waals surface area contributed by atoms with Crippen LogP contribution >= 0.6 is 11.9 Å². The van der Waals surface area contributed by atoms with Gasteiger partial charge in [-0.15, -0.1) is 0 Å². The van der Waals surface area contributed by atoms with Crippen LogP contribution in [0.1, 0.15) is 13.8 Å². The number of hydrogen-bond donors (Lipinski definition) is 1. The third-order valence-electron chi connectivity index (χ3n) is 2.80. The second kappa shape index (κ2) is 4.85. The van der Waals surface area contributed by atoms with E-state index in [2.05, 4.69) is 5.32 Å². The number of ether oxygens (including phenoxy) is 1. The Balaban J connectivity index is 2.45. The highest BCUT2D eigenvalue weighted by molar-refractivity contribution is 8.14. The van der Waals surface area contributed by atoms with E-state index in [1.165, 1.54) is 3.71 Å². The summed E-state index contributed by atoms with van der Waals surface area (Å²) in [7, 11) is -3.38.